The predicted molar refractivity (Wildman–Crippen MR) is 247 cm³/mol. The smallest absolute Gasteiger partial charge is 0.147 e. The van der Waals surface area contributed by atoms with Gasteiger partial charge in [0.25, 0.3) is 0 Å². The van der Waals surface area contributed by atoms with E-state index < -0.39 is 0 Å². The molecule has 0 saturated carbocycles. The van der Waals surface area contributed by atoms with E-state index in [2.05, 4.69) is 125 Å². The molecule has 1 aliphatic rings. The molecule has 1 atom stereocenters. The van der Waals surface area contributed by atoms with Crippen molar-refractivity contribution in [3.63, 3.8) is 0 Å². The van der Waals surface area contributed by atoms with E-state index in [4.69, 9.17) is 29.9 Å². The van der Waals surface area contributed by atoms with Crippen LogP contribution in [-0.4, -0.2) is 40.3 Å². The van der Waals surface area contributed by atoms with Gasteiger partial charge in [-0.2, -0.15) is 0 Å². The summed E-state index contributed by atoms with van der Waals surface area (Å²) in [5, 5.41) is 0. The zero-order chi connectivity index (χ0) is 40.7. The molecule has 10 aromatic rings. The third kappa shape index (κ3) is 6.24. The summed E-state index contributed by atoms with van der Waals surface area (Å²) < 4.78 is 4.52. The highest BCUT2D eigenvalue weighted by Gasteiger charge is 2.36. The Kier molecular flexibility index (Phi) is 9.00. The van der Waals surface area contributed by atoms with Gasteiger partial charge in [0, 0.05) is 69.6 Å². The zero-order valence-electron chi connectivity index (χ0n) is 33.3. The standard InChI is InChI=1S/C53H38N8/c1-35-29-33-57-43(34-35)49-48(42-26-14-17-32-56-42)50(52-58-38-22-8-10-27-44(38)60(52)36-18-4-2-5-19-36)46(40-24-12-15-30-54-40)47(41-25-13-16-31-55-41)51(49)53-59-39-23-9-11-28-45(39)61(53)37-20-6-3-7-21-37/h2-28,30-35H,29H2,1H3. The molecule has 8 nitrogen and oxygen atoms in total. The fourth-order valence-electron chi connectivity index (χ4n) is 8.66. The molecule has 0 aliphatic carbocycles. The molecule has 5 aromatic heterocycles. The number of hydrogen-bond donors (Lipinski definition) is 0. The van der Waals surface area contributed by atoms with Gasteiger partial charge < -0.3 is 0 Å². The second-order valence-electron chi connectivity index (χ2n) is 15.2. The number of aromatic nitrogens is 7. The molecular formula is C53H38N8. The predicted octanol–water partition coefficient (Wildman–Crippen LogP) is 12.3. The van der Waals surface area contributed by atoms with Gasteiger partial charge in [0.15, 0.2) is 0 Å². The van der Waals surface area contributed by atoms with Crippen LogP contribution in [0.4, 0.5) is 0 Å². The van der Waals surface area contributed by atoms with Crippen molar-refractivity contribution in [1.82, 2.24) is 34.1 Å². The van der Waals surface area contributed by atoms with Crippen molar-refractivity contribution >= 4 is 34.0 Å². The Balaban J connectivity index is 1.46. The SMILES string of the molecule is CC1C=C(c2c(-c3ccccn3)c(-c3nc4ccccc4n3-c3ccccc3)c(-c3ccccn3)c(-c3ccccn3)c2-c2nc3ccccc3n2-c2ccccc2)N=CC1. The van der Waals surface area contributed by atoms with Crippen molar-refractivity contribution in [3.8, 4) is 67.9 Å². The van der Waals surface area contributed by atoms with Crippen LogP contribution in [0.15, 0.2) is 193 Å². The number of rotatable bonds is 8. The largest absolute Gasteiger partial charge is 0.292 e. The molecule has 61 heavy (non-hydrogen) atoms. The minimum Gasteiger partial charge on any atom is -0.292 e. The van der Waals surface area contributed by atoms with Gasteiger partial charge in [-0.05, 0) is 97.3 Å². The molecule has 5 aromatic carbocycles. The Morgan fingerprint density at radius 3 is 1.28 bits per heavy atom. The zero-order valence-corrected chi connectivity index (χ0v) is 33.3. The van der Waals surface area contributed by atoms with E-state index in [9.17, 15) is 0 Å². The van der Waals surface area contributed by atoms with E-state index in [0.717, 1.165) is 108 Å². The Hall–Kier alpha value is -8.10. The Morgan fingerprint density at radius 1 is 0.426 bits per heavy atom. The molecule has 0 bridgehead atoms. The van der Waals surface area contributed by atoms with Crippen LogP contribution in [0.1, 0.15) is 18.9 Å². The summed E-state index contributed by atoms with van der Waals surface area (Å²) in [6.45, 7) is 2.24. The number of pyridine rings is 3. The molecule has 0 spiro atoms. The molecule has 290 valence electrons. The Bertz CT molecular complexity index is 3260. The third-order valence-electron chi connectivity index (χ3n) is 11.3. The van der Waals surface area contributed by atoms with Gasteiger partial charge in [-0.3, -0.25) is 29.1 Å². The lowest BCUT2D eigenvalue weighted by Crippen LogP contribution is -2.11. The number of para-hydroxylation sites is 6. The van der Waals surface area contributed by atoms with Crippen molar-refractivity contribution in [2.45, 2.75) is 13.3 Å². The molecule has 8 heteroatoms. The van der Waals surface area contributed by atoms with Crippen LogP contribution in [0.2, 0.25) is 0 Å². The van der Waals surface area contributed by atoms with Gasteiger partial charge in [0.1, 0.15) is 11.6 Å². The molecule has 0 saturated heterocycles. The molecule has 0 amide bonds. The maximum absolute atomic E-state index is 5.59. The van der Waals surface area contributed by atoms with Crippen LogP contribution >= 0.6 is 0 Å². The number of allylic oxidation sites excluding steroid dienone is 1. The van der Waals surface area contributed by atoms with E-state index >= 15 is 0 Å². The van der Waals surface area contributed by atoms with E-state index in [0.29, 0.717) is 0 Å². The molecule has 6 heterocycles. The highest BCUT2D eigenvalue weighted by Crippen LogP contribution is 2.55. The Morgan fingerprint density at radius 2 is 0.836 bits per heavy atom. The van der Waals surface area contributed by atoms with Crippen molar-refractivity contribution < 1.29 is 0 Å². The molecule has 0 fully saturated rings. The van der Waals surface area contributed by atoms with Gasteiger partial charge in [-0.15, -0.1) is 0 Å². The van der Waals surface area contributed by atoms with Crippen molar-refractivity contribution in [1.29, 1.82) is 0 Å². The quantitative estimate of drug-likeness (QED) is 0.153. The number of nitrogens with zero attached hydrogens (tertiary/aromatic N) is 8. The van der Waals surface area contributed by atoms with E-state index in [1.807, 2.05) is 85.5 Å². The minimum atomic E-state index is 0.219. The summed E-state index contributed by atoms with van der Waals surface area (Å²) >= 11 is 0. The number of imidazole rings is 2. The van der Waals surface area contributed by atoms with Gasteiger partial charge in [0.2, 0.25) is 0 Å². The van der Waals surface area contributed by atoms with Crippen LogP contribution in [-0.2, 0) is 0 Å². The van der Waals surface area contributed by atoms with E-state index in [-0.39, 0.29) is 5.92 Å². The van der Waals surface area contributed by atoms with Gasteiger partial charge in [-0.1, -0.05) is 91.9 Å². The van der Waals surface area contributed by atoms with E-state index in [1.165, 1.54) is 0 Å². The average molecular weight is 787 g/mol. The van der Waals surface area contributed by atoms with Gasteiger partial charge in [0.05, 0.1) is 44.8 Å². The highest BCUT2D eigenvalue weighted by molar-refractivity contribution is 6.12. The topological polar surface area (TPSA) is 86.7 Å². The van der Waals surface area contributed by atoms with Gasteiger partial charge in [-0.25, -0.2) is 9.97 Å². The molecular weight excluding hydrogens is 749 g/mol. The second kappa shape index (κ2) is 15.3. The summed E-state index contributed by atoms with van der Waals surface area (Å²) in [6.07, 6.45) is 10.7. The number of benzene rings is 5. The Labute approximate surface area is 353 Å². The van der Waals surface area contributed by atoms with E-state index in [1.54, 1.807) is 0 Å². The number of fused-ring (bicyclic) bond motifs is 2. The first-order chi connectivity index (χ1) is 30.2. The van der Waals surface area contributed by atoms with Crippen LogP contribution in [0.25, 0.3) is 95.7 Å². The summed E-state index contributed by atoms with van der Waals surface area (Å²) in [5.74, 6) is 1.70. The average Bonchev–Trinajstić information content (AvgIpc) is 3.91. The van der Waals surface area contributed by atoms with Crippen molar-refractivity contribution in [2.24, 2.45) is 10.9 Å². The molecule has 1 unspecified atom stereocenters. The van der Waals surface area contributed by atoms with Crippen LogP contribution < -0.4 is 0 Å². The van der Waals surface area contributed by atoms with Gasteiger partial charge >= 0.3 is 0 Å². The first-order valence-electron chi connectivity index (χ1n) is 20.5. The summed E-state index contributed by atoms with van der Waals surface area (Å²) in [5.41, 5.74) is 13.9. The normalized spacial score (nSPS) is 13.8. The summed E-state index contributed by atoms with van der Waals surface area (Å²) in [6, 6.07) is 55.8. The van der Waals surface area contributed by atoms with Crippen molar-refractivity contribution in [3.05, 3.63) is 194 Å². The second-order valence-corrected chi connectivity index (χ2v) is 15.2. The van der Waals surface area contributed by atoms with Crippen LogP contribution in [0.3, 0.4) is 0 Å². The van der Waals surface area contributed by atoms with Crippen LogP contribution in [0.5, 0.6) is 0 Å². The monoisotopic (exact) mass is 786 g/mol. The maximum atomic E-state index is 5.59. The fourth-order valence-corrected chi connectivity index (χ4v) is 8.66. The van der Waals surface area contributed by atoms with Crippen molar-refractivity contribution in [2.75, 3.05) is 0 Å². The molecule has 11 rings (SSSR count). The number of hydrogen-bond acceptors (Lipinski definition) is 6. The minimum absolute atomic E-state index is 0.219. The lowest BCUT2D eigenvalue weighted by atomic mass is 9.79. The maximum Gasteiger partial charge on any atom is 0.147 e. The third-order valence-corrected chi connectivity index (χ3v) is 11.3. The molecule has 0 radical (unpaired) electrons. The molecule has 0 N–H and O–H groups in total. The summed E-state index contributed by atoms with van der Waals surface area (Å²) in [4.78, 5) is 32.0. The molecule has 1 aliphatic heterocycles. The van der Waals surface area contributed by atoms with Crippen LogP contribution in [0, 0.1) is 5.92 Å². The first-order valence-corrected chi connectivity index (χ1v) is 20.5. The highest BCUT2D eigenvalue weighted by atomic mass is 15.1. The first kappa shape index (κ1) is 36.0. The fraction of sp³-hybridized carbons (Fsp3) is 0.0566. The lowest BCUT2D eigenvalue weighted by molar-refractivity contribution is 0.769. The lowest BCUT2D eigenvalue weighted by Gasteiger charge is -2.28. The number of aliphatic imine (C=N–C) groups is 1. The summed E-state index contributed by atoms with van der Waals surface area (Å²) in [7, 11) is 0.